The van der Waals surface area contributed by atoms with Gasteiger partial charge in [-0.2, -0.15) is 0 Å². The fraction of sp³-hybridized carbons (Fsp3) is 0.250. The minimum Gasteiger partial charge on any atom is -0.496 e. The highest BCUT2D eigenvalue weighted by atomic mass is 16.5. The van der Waals surface area contributed by atoms with Crippen molar-refractivity contribution >= 4 is 5.65 Å². The SMILES string of the molecule is CCc1c(C)nc2c(-c3ccccc3OC)c[nH]n2c1=O. The van der Waals surface area contributed by atoms with Crippen molar-refractivity contribution in [1.29, 1.82) is 0 Å². The summed E-state index contributed by atoms with van der Waals surface area (Å²) in [5.41, 5.74) is 3.86. The van der Waals surface area contributed by atoms with Gasteiger partial charge in [-0.15, -0.1) is 0 Å². The van der Waals surface area contributed by atoms with Crippen LogP contribution in [0.25, 0.3) is 16.8 Å². The predicted molar refractivity (Wildman–Crippen MR) is 81.9 cm³/mol. The molecule has 1 aromatic carbocycles. The molecule has 0 saturated heterocycles. The lowest BCUT2D eigenvalue weighted by atomic mass is 10.1. The van der Waals surface area contributed by atoms with Crippen molar-refractivity contribution in [2.75, 3.05) is 7.11 Å². The number of fused-ring (bicyclic) bond motifs is 1. The van der Waals surface area contributed by atoms with Crippen LogP contribution in [-0.2, 0) is 6.42 Å². The van der Waals surface area contributed by atoms with Crippen LogP contribution in [0.4, 0.5) is 0 Å². The summed E-state index contributed by atoms with van der Waals surface area (Å²) in [6.07, 6.45) is 2.46. The molecule has 0 amide bonds. The molecule has 0 aliphatic carbocycles. The summed E-state index contributed by atoms with van der Waals surface area (Å²) in [6, 6.07) is 7.70. The summed E-state index contributed by atoms with van der Waals surface area (Å²) in [5.74, 6) is 0.755. The highest BCUT2D eigenvalue weighted by Gasteiger charge is 2.15. The zero-order valence-corrected chi connectivity index (χ0v) is 12.3. The second-order valence-electron chi connectivity index (χ2n) is 4.88. The summed E-state index contributed by atoms with van der Waals surface area (Å²) in [4.78, 5) is 17.0. The molecule has 0 spiro atoms. The molecule has 0 bridgehead atoms. The molecule has 108 valence electrons. The Labute approximate surface area is 122 Å². The van der Waals surface area contributed by atoms with Gasteiger partial charge in [-0.3, -0.25) is 9.89 Å². The number of hydrogen-bond donors (Lipinski definition) is 1. The van der Waals surface area contributed by atoms with Gasteiger partial charge >= 0.3 is 0 Å². The maximum absolute atomic E-state index is 12.4. The molecule has 5 heteroatoms. The van der Waals surface area contributed by atoms with Gasteiger partial charge in [0.05, 0.1) is 7.11 Å². The van der Waals surface area contributed by atoms with Crippen LogP contribution in [0.1, 0.15) is 18.2 Å². The number of aromatic amines is 1. The fourth-order valence-corrected chi connectivity index (χ4v) is 2.63. The van der Waals surface area contributed by atoms with E-state index in [4.69, 9.17) is 4.74 Å². The van der Waals surface area contributed by atoms with E-state index in [1.54, 1.807) is 13.3 Å². The number of aromatic nitrogens is 3. The number of aryl methyl sites for hydroxylation is 1. The average Bonchev–Trinajstić information content (AvgIpc) is 2.91. The fourth-order valence-electron chi connectivity index (χ4n) is 2.63. The van der Waals surface area contributed by atoms with Crippen molar-refractivity contribution < 1.29 is 4.74 Å². The zero-order chi connectivity index (χ0) is 15.0. The van der Waals surface area contributed by atoms with Gasteiger partial charge in [-0.25, -0.2) is 9.50 Å². The van der Waals surface area contributed by atoms with E-state index in [1.807, 2.05) is 38.1 Å². The largest absolute Gasteiger partial charge is 0.496 e. The normalized spacial score (nSPS) is 11.0. The van der Waals surface area contributed by atoms with E-state index in [9.17, 15) is 4.79 Å². The Bertz CT molecular complexity index is 862. The van der Waals surface area contributed by atoms with E-state index in [1.165, 1.54) is 4.52 Å². The Balaban J connectivity index is 2.33. The molecule has 0 unspecified atom stereocenters. The molecule has 0 radical (unpaired) electrons. The first-order valence-corrected chi connectivity index (χ1v) is 6.90. The van der Waals surface area contributed by atoms with E-state index in [2.05, 4.69) is 10.1 Å². The third-order valence-corrected chi connectivity index (χ3v) is 3.71. The highest BCUT2D eigenvalue weighted by molar-refractivity contribution is 5.81. The first-order chi connectivity index (χ1) is 10.2. The van der Waals surface area contributed by atoms with Crippen LogP contribution < -0.4 is 10.3 Å². The molecule has 0 aliphatic heterocycles. The van der Waals surface area contributed by atoms with E-state index in [0.717, 1.165) is 28.1 Å². The maximum atomic E-state index is 12.4. The van der Waals surface area contributed by atoms with Crippen molar-refractivity contribution in [2.24, 2.45) is 0 Å². The molecule has 0 saturated carbocycles. The van der Waals surface area contributed by atoms with E-state index >= 15 is 0 Å². The standard InChI is InChI=1S/C16H17N3O2/c1-4-11-10(2)18-15-13(9-17-19(15)16(11)20)12-7-5-6-8-14(12)21-3/h5-9,17H,4H2,1-3H3. The summed E-state index contributed by atoms with van der Waals surface area (Å²) in [6.45, 7) is 3.83. The third-order valence-electron chi connectivity index (χ3n) is 3.71. The van der Waals surface area contributed by atoms with Crippen LogP contribution >= 0.6 is 0 Å². The molecule has 5 nitrogen and oxygen atoms in total. The lowest BCUT2D eigenvalue weighted by molar-refractivity contribution is 0.416. The van der Waals surface area contributed by atoms with Crippen molar-refractivity contribution in [3.63, 3.8) is 0 Å². The van der Waals surface area contributed by atoms with Gasteiger partial charge in [-0.1, -0.05) is 25.1 Å². The van der Waals surface area contributed by atoms with E-state index < -0.39 is 0 Å². The second kappa shape index (κ2) is 5.09. The van der Waals surface area contributed by atoms with Gasteiger partial charge in [-0.05, 0) is 19.4 Å². The number of methoxy groups -OCH3 is 1. The number of nitrogens with one attached hydrogen (secondary N) is 1. The van der Waals surface area contributed by atoms with Crippen molar-refractivity contribution in [3.8, 4) is 16.9 Å². The second-order valence-corrected chi connectivity index (χ2v) is 4.88. The van der Waals surface area contributed by atoms with Gasteiger partial charge in [0.25, 0.3) is 5.56 Å². The number of H-pyrrole nitrogens is 1. The van der Waals surface area contributed by atoms with Crippen molar-refractivity contribution in [1.82, 2.24) is 14.6 Å². The first kappa shape index (κ1) is 13.4. The van der Waals surface area contributed by atoms with Crippen LogP contribution in [0.15, 0.2) is 35.3 Å². The molecule has 2 heterocycles. The Morgan fingerprint density at radius 2 is 2.05 bits per heavy atom. The lowest BCUT2D eigenvalue weighted by Crippen LogP contribution is -2.21. The zero-order valence-electron chi connectivity index (χ0n) is 12.3. The number of rotatable bonds is 3. The van der Waals surface area contributed by atoms with Crippen LogP contribution in [-0.4, -0.2) is 21.7 Å². The number of para-hydroxylation sites is 1. The molecule has 21 heavy (non-hydrogen) atoms. The highest BCUT2D eigenvalue weighted by Crippen LogP contribution is 2.31. The molecule has 0 aliphatic rings. The molecule has 0 fully saturated rings. The Kier molecular flexibility index (Phi) is 3.25. The minimum absolute atomic E-state index is 0.0406. The number of benzene rings is 1. The molecule has 3 rings (SSSR count). The average molecular weight is 283 g/mol. The summed E-state index contributed by atoms with van der Waals surface area (Å²) in [7, 11) is 1.63. The Morgan fingerprint density at radius 1 is 1.29 bits per heavy atom. The van der Waals surface area contributed by atoms with Crippen molar-refractivity contribution in [2.45, 2.75) is 20.3 Å². The van der Waals surface area contributed by atoms with Gasteiger partial charge < -0.3 is 4.74 Å². The quantitative estimate of drug-likeness (QED) is 0.803. The Hall–Kier alpha value is -2.56. The first-order valence-electron chi connectivity index (χ1n) is 6.90. The monoisotopic (exact) mass is 283 g/mol. The van der Waals surface area contributed by atoms with Gasteiger partial charge in [0, 0.05) is 28.6 Å². The predicted octanol–water partition coefficient (Wildman–Crippen LogP) is 2.57. The molecule has 0 atom stereocenters. The van der Waals surface area contributed by atoms with E-state index in [0.29, 0.717) is 12.1 Å². The van der Waals surface area contributed by atoms with Gasteiger partial charge in [0.2, 0.25) is 0 Å². The summed E-state index contributed by atoms with van der Waals surface area (Å²) in [5, 5.41) is 2.99. The smallest absolute Gasteiger partial charge is 0.276 e. The lowest BCUT2D eigenvalue weighted by Gasteiger charge is -2.07. The minimum atomic E-state index is -0.0406. The number of nitrogens with zero attached hydrogens (tertiary/aromatic N) is 2. The Morgan fingerprint density at radius 3 is 2.76 bits per heavy atom. The number of ether oxygens (including phenoxy) is 1. The maximum Gasteiger partial charge on any atom is 0.276 e. The molecular formula is C16H17N3O2. The summed E-state index contributed by atoms with van der Waals surface area (Å²) >= 11 is 0. The van der Waals surface area contributed by atoms with Crippen LogP contribution in [0.3, 0.4) is 0 Å². The third kappa shape index (κ3) is 2.01. The molecule has 1 N–H and O–H groups in total. The van der Waals surface area contributed by atoms with E-state index in [-0.39, 0.29) is 5.56 Å². The van der Waals surface area contributed by atoms with Gasteiger partial charge in [0.1, 0.15) is 5.75 Å². The molecule has 3 aromatic rings. The molecular weight excluding hydrogens is 266 g/mol. The van der Waals surface area contributed by atoms with Gasteiger partial charge in [0.15, 0.2) is 5.65 Å². The van der Waals surface area contributed by atoms with Crippen molar-refractivity contribution in [3.05, 3.63) is 52.1 Å². The van der Waals surface area contributed by atoms with Crippen LogP contribution in [0.5, 0.6) is 5.75 Å². The molecule has 2 aromatic heterocycles. The van der Waals surface area contributed by atoms with Crippen LogP contribution in [0.2, 0.25) is 0 Å². The topological polar surface area (TPSA) is 59.4 Å². The number of hydrogen-bond acceptors (Lipinski definition) is 3. The summed E-state index contributed by atoms with van der Waals surface area (Å²) < 4.78 is 6.89. The van der Waals surface area contributed by atoms with Crippen LogP contribution in [0, 0.1) is 6.92 Å².